The number of hydrogen-bond donors (Lipinski definition) is 2. The van der Waals surface area contributed by atoms with Crippen molar-refractivity contribution in [2.45, 2.75) is 12.7 Å². The van der Waals surface area contributed by atoms with Crippen molar-refractivity contribution in [2.24, 2.45) is 0 Å². The molecule has 0 saturated heterocycles. The summed E-state index contributed by atoms with van der Waals surface area (Å²) in [6.07, 6.45) is -4.41. The van der Waals surface area contributed by atoms with E-state index in [1.807, 2.05) is 12.1 Å². The molecule has 0 aliphatic heterocycles. The van der Waals surface area contributed by atoms with Gasteiger partial charge in [-0.1, -0.05) is 24.3 Å². The molecule has 3 aromatic carbocycles. The lowest BCUT2D eigenvalue weighted by atomic mass is 10.1. The topological polar surface area (TPSA) is 67.4 Å². The van der Waals surface area contributed by atoms with E-state index in [4.69, 9.17) is 4.74 Å². The fourth-order valence-electron chi connectivity index (χ4n) is 2.74. The zero-order valence-corrected chi connectivity index (χ0v) is 18.7. The summed E-state index contributed by atoms with van der Waals surface area (Å²) in [5.41, 5.74) is 0.597. The largest absolute Gasteiger partial charge is 0.483 e. The summed E-state index contributed by atoms with van der Waals surface area (Å²) in [5.74, 6) is -0.639. The minimum Gasteiger partial charge on any atom is -0.483 e. The third-order valence-corrected chi connectivity index (χ3v) is 5.07. The van der Waals surface area contributed by atoms with Gasteiger partial charge in [0.25, 0.3) is 11.8 Å². The van der Waals surface area contributed by atoms with Gasteiger partial charge in [0.1, 0.15) is 5.75 Å². The maximum atomic E-state index is 12.7. The van der Waals surface area contributed by atoms with Crippen LogP contribution in [0, 0.1) is 3.57 Å². The average molecular weight is 554 g/mol. The predicted molar refractivity (Wildman–Crippen MR) is 122 cm³/mol. The van der Waals surface area contributed by atoms with Crippen molar-refractivity contribution >= 4 is 40.1 Å². The van der Waals surface area contributed by atoms with Crippen molar-refractivity contribution in [1.29, 1.82) is 0 Å². The van der Waals surface area contributed by atoms with Gasteiger partial charge in [-0.2, -0.15) is 13.2 Å². The number of benzene rings is 3. The molecule has 0 radical (unpaired) electrons. The summed E-state index contributed by atoms with van der Waals surface area (Å²) in [7, 11) is 0. The lowest BCUT2D eigenvalue weighted by molar-refractivity contribution is -0.137. The van der Waals surface area contributed by atoms with Crippen molar-refractivity contribution in [1.82, 2.24) is 5.32 Å². The molecular formula is C23H18F3IN2O3. The van der Waals surface area contributed by atoms with Crippen LogP contribution < -0.4 is 15.4 Å². The second-order valence-corrected chi connectivity index (χ2v) is 7.96. The van der Waals surface area contributed by atoms with Crippen LogP contribution in [0.2, 0.25) is 0 Å². The van der Waals surface area contributed by atoms with Gasteiger partial charge < -0.3 is 15.4 Å². The van der Waals surface area contributed by atoms with E-state index in [2.05, 4.69) is 33.2 Å². The SMILES string of the molecule is O=C(COc1ccccc1C(=O)NCc1ccc(C(F)(F)F)cc1)Nc1ccc(I)cc1. The van der Waals surface area contributed by atoms with Gasteiger partial charge in [-0.25, -0.2) is 0 Å². The first-order valence-electron chi connectivity index (χ1n) is 9.44. The van der Waals surface area contributed by atoms with Crippen LogP contribution >= 0.6 is 22.6 Å². The molecule has 0 atom stereocenters. The molecule has 5 nitrogen and oxygen atoms in total. The van der Waals surface area contributed by atoms with Gasteiger partial charge >= 0.3 is 6.18 Å². The normalized spacial score (nSPS) is 11.0. The highest BCUT2D eigenvalue weighted by atomic mass is 127. The Hall–Kier alpha value is -3.08. The molecule has 9 heteroatoms. The van der Waals surface area contributed by atoms with Crippen molar-refractivity contribution in [3.05, 3.63) is 93.1 Å². The van der Waals surface area contributed by atoms with E-state index in [0.29, 0.717) is 11.3 Å². The third kappa shape index (κ3) is 6.71. The highest BCUT2D eigenvalue weighted by Crippen LogP contribution is 2.29. The summed E-state index contributed by atoms with van der Waals surface area (Å²) in [6, 6.07) is 18.2. The van der Waals surface area contributed by atoms with Crippen LogP contribution in [0.1, 0.15) is 21.5 Å². The van der Waals surface area contributed by atoms with Crippen LogP contribution in [-0.4, -0.2) is 18.4 Å². The van der Waals surface area contributed by atoms with Crippen LogP contribution in [0.15, 0.2) is 72.8 Å². The molecular weight excluding hydrogens is 536 g/mol. The standard InChI is InChI=1S/C23H18F3IN2O3/c24-23(25,26)16-7-5-15(6-8-16)13-28-22(31)19-3-1-2-4-20(19)32-14-21(30)29-18-11-9-17(27)10-12-18/h1-12H,13-14H2,(H,28,31)(H,29,30). The number of alkyl halides is 3. The van der Waals surface area contributed by atoms with Crippen LogP contribution in [0.4, 0.5) is 18.9 Å². The Morgan fingerprint density at radius 1 is 0.906 bits per heavy atom. The van der Waals surface area contributed by atoms with Gasteiger partial charge in [0.05, 0.1) is 11.1 Å². The van der Waals surface area contributed by atoms with Crippen LogP contribution in [-0.2, 0) is 17.5 Å². The molecule has 0 unspecified atom stereocenters. The molecule has 0 bridgehead atoms. The lowest BCUT2D eigenvalue weighted by Gasteiger charge is -2.12. The smallest absolute Gasteiger partial charge is 0.416 e. The molecule has 0 aromatic heterocycles. The molecule has 2 N–H and O–H groups in total. The van der Waals surface area contributed by atoms with E-state index < -0.39 is 17.6 Å². The number of para-hydroxylation sites is 1. The minimum atomic E-state index is -4.41. The first-order chi connectivity index (χ1) is 15.2. The quantitative estimate of drug-likeness (QED) is 0.392. The Labute approximate surface area is 196 Å². The van der Waals surface area contributed by atoms with Gasteiger partial charge in [-0.3, -0.25) is 9.59 Å². The van der Waals surface area contributed by atoms with E-state index in [9.17, 15) is 22.8 Å². The molecule has 2 amide bonds. The summed E-state index contributed by atoms with van der Waals surface area (Å²) in [5, 5.41) is 5.35. The summed E-state index contributed by atoms with van der Waals surface area (Å²) in [6.45, 7) is -0.256. The van der Waals surface area contributed by atoms with Crippen molar-refractivity contribution in [2.75, 3.05) is 11.9 Å². The fraction of sp³-hybridized carbons (Fsp3) is 0.130. The number of nitrogens with one attached hydrogen (secondary N) is 2. The zero-order chi connectivity index (χ0) is 23.1. The monoisotopic (exact) mass is 554 g/mol. The highest BCUT2D eigenvalue weighted by Gasteiger charge is 2.29. The Bertz CT molecular complexity index is 1080. The van der Waals surface area contributed by atoms with Crippen LogP contribution in [0.3, 0.4) is 0 Å². The Balaban J connectivity index is 1.57. The number of hydrogen-bond acceptors (Lipinski definition) is 3. The third-order valence-electron chi connectivity index (χ3n) is 4.35. The van der Waals surface area contributed by atoms with Crippen LogP contribution in [0.25, 0.3) is 0 Å². The second-order valence-electron chi connectivity index (χ2n) is 6.72. The number of carbonyl (C=O) groups excluding carboxylic acids is 2. The Morgan fingerprint density at radius 3 is 2.22 bits per heavy atom. The molecule has 0 aliphatic carbocycles. The molecule has 0 aliphatic rings. The minimum absolute atomic E-state index is 0.0403. The lowest BCUT2D eigenvalue weighted by Crippen LogP contribution is -2.25. The molecule has 3 rings (SSSR count). The Morgan fingerprint density at radius 2 is 1.56 bits per heavy atom. The zero-order valence-electron chi connectivity index (χ0n) is 16.6. The number of ether oxygens (including phenoxy) is 1. The maximum absolute atomic E-state index is 12.7. The number of carbonyl (C=O) groups is 2. The van der Waals surface area contributed by atoms with Crippen molar-refractivity contribution in [3.8, 4) is 5.75 Å². The fourth-order valence-corrected chi connectivity index (χ4v) is 3.10. The average Bonchev–Trinajstić information content (AvgIpc) is 2.77. The van der Waals surface area contributed by atoms with Gasteiger partial charge in [0, 0.05) is 15.8 Å². The van der Waals surface area contributed by atoms with E-state index in [-0.39, 0.29) is 30.4 Å². The van der Waals surface area contributed by atoms with Gasteiger partial charge in [0.2, 0.25) is 0 Å². The number of anilines is 1. The molecule has 0 fully saturated rings. The van der Waals surface area contributed by atoms with E-state index in [0.717, 1.165) is 15.7 Å². The molecule has 0 saturated carbocycles. The maximum Gasteiger partial charge on any atom is 0.416 e. The van der Waals surface area contributed by atoms with Crippen molar-refractivity contribution < 1.29 is 27.5 Å². The molecule has 166 valence electrons. The molecule has 3 aromatic rings. The molecule has 0 spiro atoms. The van der Waals surface area contributed by atoms with Crippen LogP contribution in [0.5, 0.6) is 5.75 Å². The second kappa shape index (κ2) is 10.5. The number of halogens is 4. The summed E-state index contributed by atoms with van der Waals surface area (Å²) < 4.78 is 44.5. The Kier molecular flexibility index (Phi) is 7.73. The van der Waals surface area contributed by atoms with E-state index >= 15 is 0 Å². The van der Waals surface area contributed by atoms with Gasteiger partial charge in [0.15, 0.2) is 6.61 Å². The first kappa shape index (κ1) is 23.6. The van der Waals surface area contributed by atoms with Gasteiger partial charge in [-0.05, 0) is 76.7 Å². The molecule has 0 heterocycles. The van der Waals surface area contributed by atoms with Gasteiger partial charge in [-0.15, -0.1) is 0 Å². The number of rotatable bonds is 7. The highest BCUT2D eigenvalue weighted by molar-refractivity contribution is 14.1. The predicted octanol–water partition coefficient (Wildman–Crippen LogP) is 5.26. The first-order valence-corrected chi connectivity index (χ1v) is 10.5. The molecule has 32 heavy (non-hydrogen) atoms. The van der Waals surface area contributed by atoms with E-state index in [1.165, 1.54) is 18.2 Å². The van der Waals surface area contributed by atoms with E-state index in [1.54, 1.807) is 30.3 Å². The summed E-state index contributed by atoms with van der Waals surface area (Å²) >= 11 is 2.16. The van der Waals surface area contributed by atoms with Crippen molar-refractivity contribution in [3.63, 3.8) is 0 Å². The number of amides is 2. The summed E-state index contributed by atoms with van der Waals surface area (Å²) in [4.78, 5) is 24.7.